The molecule has 1 atom stereocenters. The summed E-state index contributed by atoms with van der Waals surface area (Å²) in [4.78, 5) is 38.2. The Morgan fingerprint density at radius 2 is 2.05 bits per heavy atom. The normalized spacial score (nSPS) is 22.6. The third-order valence-electron chi connectivity index (χ3n) is 3.73. The third-order valence-corrected chi connectivity index (χ3v) is 3.73. The predicted molar refractivity (Wildman–Crippen MR) is 72.7 cm³/mol. The quantitative estimate of drug-likeness (QED) is 0.718. The Bertz CT molecular complexity index is 422. The molecule has 0 spiro atoms. The molecule has 2 saturated heterocycles. The standard InChI is InChI=1S/C13H21N3O5/c1-2-3-14-11(17)10-8-21-5-4-16(10)13(20)15-6-9(7-15)12(18)19/h9-10H,2-8H2,1H3,(H,14,17)(H,18,19). The summed E-state index contributed by atoms with van der Waals surface area (Å²) in [6.07, 6.45) is 0.819. The molecule has 0 radical (unpaired) electrons. The van der Waals surface area contributed by atoms with E-state index in [0.29, 0.717) is 19.7 Å². The van der Waals surface area contributed by atoms with Crippen LogP contribution in [0.5, 0.6) is 0 Å². The molecule has 2 rings (SSSR count). The summed E-state index contributed by atoms with van der Waals surface area (Å²) in [5, 5.41) is 11.6. The first-order valence-corrected chi connectivity index (χ1v) is 7.18. The first-order valence-electron chi connectivity index (χ1n) is 7.18. The number of ether oxygens (including phenoxy) is 1. The first-order chi connectivity index (χ1) is 10.0. The topological polar surface area (TPSA) is 99.2 Å². The molecular formula is C13H21N3O5. The molecule has 2 aliphatic heterocycles. The van der Waals surface area contributed by atoms with E-state index in [0.717, 1.165) is 6.42 Å². The van der Waals surface area contributed by atoms with Crippen LogP contribution in [0.2, 0.25) is 0 Å². The summed E-state index contributed by atoms with van der Waals surface area (Å²) in [7, 11) is 0. The first kappa shape index (κ1) is 15.6. The molecule has 8 nitrogen and oxygen atoms in total. The number of carbonyl (C=O) groups excluding carboxylic acids is 2. The summed E-state index contributed by atoms with van der Waals surface area (Å²) in [6.45, 7) is 3.83. The van der Waals surface area contributed by atoms with Crippen LogP contribution in [0, 0.1) is 5.92 Å². The molecule has 118 valence electrons. The Morgan fingerprint density at radius 3 is 2.67 bits per heavy atom. The van der Waals surface area contributed by atoms with Gasteiger partial charge in [0.1, 0.15) is 6.04 Å². The van der Waals surface area contributed by atoms with Crippen LogP contribution in [0.25, 0.3) is 0 Å². The van der Waals surface area contributed by atoms with E-state index in [1.807, 2.05) is 6.92 Å². The highest BCUT2D eigenvalue weighted by atomic mass is 16.5. The van der Waals surface area contributed by atoms with Gasteiger partial charge in [-0.15, -0.1) is 0 Å². The summed E-state index contributed by atoms with van der Waals surface area (Å²) >= 11 is 0. The third kappa shape index (κ3) is 3.44. The van der Waals surface area contributed by atoms with Crippen LogP contribution in [0.3, 0.4) is 0 Å². The molecule has 0 aliphatic carbocycles. The molecule has 1 unspecified atom stereocenters. The largest absolute Gasteiger partial charge is 0.481 e. The monoisotopic (exact) mass is 299 g/mol. The number of hydrogen-bond donors (Lipinski definition) is 2. The number of rotatable bonds is 4. The average molecular weight is 299 g/mol. The fraction of sp³-hybridized carbons (Fsp3) is 0.769. The maximum absolute atomic E-state index is 12.4. The van der Waals surface area contributed by atoms with Gasteiger partial charge in [-0.3, -0.25) is 9.59 Å². The van der Waals surface area contributed by atoms with Crippen molar-refractivity contribution < 1.29 is 24.2 Å². The van der Waals surface area contributed by atoms with Crippen molar-refractivity contribution in [2.24, 2.45) is 5.92 Å². The van der Waals surface area contributed by atoms with Gasteiger partial charge in [-0.2, -0.15) is 0 Å². The van der Waals surface area contributed by atoms with Crippen molar-refractivity contribution in [3.05, 3.63) is 0 Å². The molecule has 0 aromatic heterocycles. The molecule has 0 aromatic rings. The van der Waals surface area contributed by atoms with E-state index in [1.165, 1.54) is 9.80 Å². The van der Waals surface area contributed by atoms with Crippen LogP contribution >= 0.6 is 0 Å². The highest BCUT2D eigenvalue weighted by Gasteiger charge is 2.41. The Balaban J connectivity index is 1.94. The highest BCUT2D eigenvalue weighted by molar-refractivity contribution is 5.88. The van der Waals surface area contributed by atoms with Gasteiger partial charge in [-0.25, -0.2) is 4.79 Å². The lowest BCUT2D eigenvalue weighted by molar-refractivity contribution is -0.147. The number of nitrogens with one attached hydrogen (secondary N) is 1. The Kier molecular flexibility index (Phi) is 5.00. The van der Waals surface area contributed by atoms with Crippen molar-refractivity contribution in [2.75, 3.05) is 39.4 Å². The molecule has 2 heterocycles. The Labute approximate surface area is 123 Å². The SMILES string of the molecule is CCCNC(=O)C1COCCN1C(=O)N1CC(C(=O)O)C1. The van der Waals surface area contributed by atoms with Crippen molar-refractivity contribution in [3.63, 3.8) is 0 Å². The molecule has 0 saturated carbocycles. The number of carboxylic acid groups (broad SMARTS) is 1. The molecule has 21 heavy (non-hydrogen) atoms. The van der Waals surface area contributed by atoms with Crippen LogP contribution in [-0.2, 0) is 14.3 Å². The summed E-state index contributed by atoms with van der Waals surface area (Å²) < 4.78 is 5.29. The van der Waals surface area contributed by atoms with E-state index in [2.05, 4.69) is 5.32 Å². The fourth-order valence-electron chi connectivity index (χ4n) is 2.39. The highest BCUT2D eigenvalue weighted by Crippen LogP contribution is 2.20. The van der Waals surface area contributed by atoms with E-state index in [1.54, 1.807) is 0 Å². The van der Waals surface area contributed by atoms with Crippen LogP contribution in [0.1, 0.15) is 13.3 Å². The minimum Gasteiger partial charge on any atom is -0.481 e. The second-order valence-corrected chi connectivity index (χ2v) is 5.30. The van der Waals surface area contributed by atoms with Gasteiger partial charge >= 0.3 is 12.0 Å². The van der Waals surface area contributed by atoms with Crippen molar-refractivity contribution in [2.45, 2.75) is 19.4 Å². The number of aliphatic carboxylic acids is 1. The molecule has 0 aromatic carbocycles. The lowest BCUT2D eigenvalue weighted by atomic mass is 10.0. The molecular weight excluding hydrogens is 278 g/mol. The maximum Gasteiger partial charge on any atom is 0.320 e. The van der Waals surface area contributed by atoms with Gasteiger partial charge in [0, 0.05) is 26.2 Å². The second-order valence-electron chi connectivity index (χ2n) is 5.30. The van der Waals surface area contributed by atoms with Crippen LogP contribution in [-0.4, -0.2) is 78.2 Å². The summed E-state index contributed by atoms with van der Waals surface area (Å²) in [6, 6.07) is -0.922. The van der Waals surface area contributed by atoms with Crippen molar-refractivity contribution in [1.29, 1.82) is 0 Å². The number of amides is 3. The predicted octanol–water partition coefficient (Wildman–Crippen LogP) is -0.650. The van der Waals surface area contributed by atoms with Gasteiger partial charge in [0.25, 0.3) is 0 Å². The Hall–Kier alpha value is -1.83. The van der Waals surface area contributed by atoms with E-state index in [4.69, 9.17) is 9.84 Å². The van der Waals surface area contributed by atoms with Gasteiger partial charge in [0.05, 0.1) is 19.1 Å². The van der Waals surface area contributed by atoms with Crippen LogP contribution in [0.15, 0.2) is 0 Å². The minimum absolute atomic E-state index is 0.178. The lowest BCUT2D eigenvalue weighted by Crippen LogP contribution is -2.63. The van der Waals surface area contributed by atoms with E-state index in [9.17, 15) is 14.4 Å². The van der Waals surface area contributed by atoms with Gasteiger partial charge in [-0.05, 0) is 6.42 Å². The number of likely N-dealkylation sites (tertiary alicyclic amines) is 1. The number of hydrogen-bond acceptors (Lipinski definition) is 4. The average Bonchev–Trinajstić information content (AvgIpc) is 2.42. The zero-order valence-electron chi connectivity index (χ0n) is 12.1. The van der Waals surface area contributed by atoms with Gasteiger partial charge in [-0.1, -0.05) is 6.92 Å². The molecule has 2 N–H and O–H groups in total. The Morgan fingerprint density at radius 1 is 1.33 bits per heavy atom. The van der Waals surface area contributed by atoms with Crippen LogP contribution < -0.4 is 5.32 Å². The minimum atomic E-state index is -0.890. The molecule has 2 fully saturated rings. The smallest absolute Gasteiger partial charge is 0.320 e. The number of nitrogens with zero attached hydrogens (tertiary/aromatic N) is 2. The van der Waals surface area contributed by atoms with Gasteiger partial charge in [0.2, 0.25) is 5.91 Å². The second kappa shape index (κ2) is 6.75. The number of carbonyl (C=O) groups is 3. The van der Waals surface area contributed by atoms with Crippen molar-refractivity contribution in [1.82, 2.24) is 15.1 Å². The molecule has 8 heteroatoms. The molecule has 0 bridgehead atoms. The maximum atomic E-state index is 12.4. The van der Waals surface area contributed by atoms with E-state index < -0.39 is 17.9 Å². The fourth-order valence-corrected chi connectivity index (χ4v) is 2.39. The summed E-state index contributed by atoms with van der Waals surface area (Å²) in [5.41, 5.74) is 0. The zero-order chi connectivity index (χ0) is 15.4. The van der Waals surface area contributed by atoms with Crippen LogP contribution in [0.4, 0.5) is 4.79 Å². The number of morpholine rings is 1. The van der Waals surface area contributed by atoms with E-state index >= 15 is 0 Å². The van der Waals surface area contributed by atoms with E-state index in [-0.39, 0.29) is 31.6 Å². The van der Waals surface area contributed by atoms with Crippen molar-refractivity contribution >= 4 is 17.9 Å². The molecule has 3 amide bonds. The zero-order valence-corrected chi connectivity index (χ0v) is 12.1. The lowest BCUT2D eigenvalue weighted by Gasteiger charge is -2.43. The molecule has 2 aliphatic rings. The summed E-state index contributed by atoms with van der Waals surface area (Å²) in [5.74, 6) is -1.61. The van der Waals surface area contributed by atoms with Gasteiger partial charge in [0.15, 0.2) is 0 Å². The van der Waals surface area contributed by atoms with Crippen molar-refractivity contribution in [3.8, 4) is 0 Å². The number of carboxylic acids is 1. The van der Waals surface area contributed by atoms with Gasteiger partial charge < -0.3 is 25.0 Å². The number of urea groups is 1.